The molecule has 2 aromatic heterocycles. The van der Waals surface area contributed by atoms with Gasteiger partial charge in [0.15, 0.2) is 0 Å². The molecule has 20 heavy (non-hydrogen) atoms. The maximum atomic E-state index is 6.36. The molecule has 0 radical (unpaired) electrons. The molecule has 0 fully saturated rings. The number of pyridine rings is 2. The molecule has 0 aliphatic carbocycles. The molecular formula is C16H14ClN3. The lowest BCUT2D eigenvalue weighted by molar-refractivity contribution is 1.04. The molecule has 100 valence electrons. The van der Waals surface area contributed by atoms with Crippen LogP contribution in [0.3, 0.4) is 0 Å². The Morgan fingerprint density at radius 2 is 2.00 bits per heavy atom. The Bertz CT molecular complexity index is 784. The maximum absolute atomic E-state index is 6.36. The highest BCUT2D eigenvalue weighted by molar-refractivity contribution is 6.35. The molecule has 2 heterocycles. The first-order valence-corrected chi connectivity index (χ1v) is 6.87. The fraction of sp³-hybridized carbons (Fsp3) is 0.125. The van der Waals surface area contributed by atoms with Crippen molar-refractivity contribution in [3.8, 4) is 11.1 Å². The van der Waals surface area contributed by atoms with E-state index in [0.717, 1.165) is 34.1 Å². The van der Waals surface area contributed by atoms with Gasteiger partial charge >= 0.3 is 0 Å². The second kappa shape index (κ2) is 5.10. The molecule has 0 amide bonds. The van der Waals surface area contributed by atoms with Gasteiger partial charge in [0.1, 0.15) is 5.82 Å². The van der Waals surface area contributed by atoms with Gasteiger partial charge in [-0.1, -0.05) is 30.7 Å². The van der Waals surface area contributed by atoms with Gasteiger partial charge in [0.25, 0.3) is 0 Å². The van der Waals surface area contributed by atoms with E-state index < -0.39 is 0 Å². The molecule has 1 aromatic carbocycles. The largest absolute Gasteiger partial charge is 0.383 e. The van der Waals surface area contributed by atoms with Crippen LogP contribution in [0.25, 0.3) is 22.0 Å². The summed E-state index contributed by atoms with van der Waals surface area (Å²) in [4.78, 5) is 8.84. The lowest BCUT2D eigenvalue weighted by Crippen LogP contribution is -1.98. The summed E-state index contributed by atoms with van der Waals surface area (Å²) < 4.78 is 0. The standard InChI is InChI=1S/C16H14ClN3/c1-2-11-6-7-12(16(18)20-11)14-13(17)8-5-10-4-3-9-19-15(10)14/h3-9H,2H2,1H3,(H2,18,20). The fourth-order valence-corrected chi connectivity index (χ4v) is 2.56. The minimum atomic E-state index is 0.490. The summed E-state index contributed by atoms with van der Waals surface area (Å²) in [6.45, 7) is 2.05. The van der Waals surface area contributed by atoms with E-state index in [9.17, 15) is 0 Å². The number of nitrogen functional groups attached to an aromatic ring is 1. The topological polar surface area (TPSA) is 51.8 Å². The van der Waals surface area contributed by atoms with Crippen molar-refractivity contribution in [1.29, 1.82) is 0 Å². The number of hydrogen-bond donors (Lipinski definition) is 1. The molecule has 4 heteroatoms. The first-order chi connectivity index (χ1) is 9.70. The number of rotatable bonds is 2. The lowest BCUT2D eigenvalue weighted by atomic mass is 10.0. The number of nitrogens with zero attached hydrogens (tertiary/aromatic N) is 2. The zero-order chi connectivity index (χ0) is 14.1. The van der Waals surface area contributed by atoms with Gasteiger partial charge in [0.2, 0.25) is 0 Å². The zero-order valence-corrected chi connectivity index (χ0v) is 11.9. The van der Waals surface area contributed by atoms with Gasteiger partial charge in [0, 0.05) is 28.4 Å². The minimum absolute atomic E-state index is 0.490. The Balaban J connectivity index is 2.31. The van der Waals surface area contributed by atoms with Crippen molar-refractivity contribution >= 4 is 28.3 Å². The second-order valence-electron chi connectivity index (χ2n) is 4.59. The van der Waals surface area contributed by atoms with Gasteiger partial charge in [-0.3, -0.25) is 4.98 Å². The maximum Gasteiger partial charge on any atom is 0.131 e. The van der Waals surface area contributed by atoms with Crippen LogP contribution in [0.15, 0.2) is 42.6 Å². The Hall–Kier alpha value is -2.13. The Labute approximate surface area is 122 Å². The highest BCUT2D eigenvalue weighted by atomic mass is 35.5. The molecule has 2 N–H and O–H groups in total. The van der Waals surface area contributed by atoms with Gasteiger partial charge in [-0.2, -0.15) is 0 Å². The van der Waals surface area contributed by atoms with Gasteiger partial charge in [-0.25, -0.2) is 4.98 Å². The summed E-state index contributed by atoms with van der Waals surface area (Å²) in [5.41, 5.74) is 9.58. The van der Waals surface area contributed by atoms with Crippen LogP contribution in [0.4, 0.5) is 5.82 Å². The lowest BCUT2D eigenvalue weighted by Gasteiger charge is -2.11. The molecule has 0 saturated carbocycles. The van der Waals surface area contributed by atoms with Crippen molar-refractivity contribution in [3.05, 3.63) is 53.3 Å². The summed E-state index contributed by atoms with van der Waals surface area (Å²) in [5.74, 6) is 0.490. The van der Waals surface area contributed by atoms with Gasteiger partial charge < -0.3 is 5.73 Å². The number of halogens is 1. The normalized spacial score (nSPS) is 10.9. The molecule has 3 aromatic rings. The summed E-state index contributed by atoms with van der Waals surface area (Å²) in [5, 5.41) is 1.67. The third-order valence-corrected chi connectivity index (χ3v) is 3.65. The number of aromatic nitrogens is 2. The predicted octanol–water partition coefficient (Wildman–Crippen LogP) is 4.09. The Morgan fingerprint density at radius 3 is 2.75 bits per heavy atom. The van der Waals surface area contributed by atoms with Crippen LogP contribution in [-0.2, 0) is 6.42 Å². The summed E-state index contributed by atoms with van der Waals surface area (Å²) in [6.07, 6.45) is 2.61. The van der Waals surface area contributed by atoms with E-state index >= 15 is 0 Å². The van der Waals surface area contributed by atoms with Crippen molar-refractivity contribution in [3.63, 3.8) is 0 Å². The molecule has 0 bridgehead atoms. The number of anilines is 1. The number of benzene rings is 1. The Kier molecular flexibility index (Phi) is 3.28. The van der Waals surface area contributed by atoms with E-state index in [2.05, 4.69) is 9.97 Å². The van der Waals surface area contributed by atoms with E-state index in [4.69, 9.17) is 17.3 Å². The van der Waals surface area contributed by atoms with Crippen LogP contribution in [-0.4, -0.2) is 9.97 Å². The van der Waals surface area contributed by atoms with Crippen LogP contribution in [0.1, 0.15) is 12.6 Å². The molecule has 0 spiro atoms. The van der Waals surface area contributed by atoms with Crippen molar-refractivity contribution in [2.45, 2.75) is 13.3 Å². The number of hydrogen-bond acceptors (Lipinski definition) is 3. The minimum Gasteiger partial charge on any atom is -0.383 e. The van der Waals surface area contributed by atoms with E-state index in [-0.39, 0.29) is 0 Å². The van der Waals surface area contributed by atoms with Gasteiger partial charge in [-0.15, -0.1) is 0 Å². The van der Waals surface area contributed by atoms with E-state index in [1.807, 2.05) is 43.3 Å². The van der Waals surface area contributed by atoms with Crippen molar-refractivity contribution in [1.82, 2.24) is 9.97 Å². The first kappa shape index (κ1) is 12.9. The van der Waals surface area contributed by atoms with Crippen LogP contribution in [0.5, 0.6) is 0 Å². The molecule has 0 unspecified atom stereocenters. The molecule has 0 aliphatic rings. The van der Waals surface area contributed by atoms with Crippen molar-refractivity contribution < 1.29 is 0 Å². The average Bonchev–Trinajstić information content (AvgIpc) is 2.48. The zero-order valence-electron chi connectivity index (χ0n) is 11.1. The number of nitrogens with two attached hydrogens (primary N) is 1. The monoisotopic (exact) mass is 283 g/mol. The van der Waals surface area contributed by atoms with Gasteiger partial charge in [-0.05, 0) is 30.7 Å². The number of aryl methyl sites for hydroxylation is 1. The molecule has 0 aliphatic heterocycles. The Morgan fingerprint density at radius 1 is 1.15 bits per heavy atom. The third kappa shape index (κ3) is 2.10. The van der Waals surface area contributed by atoms with E-state index in [1.54, 1.807) is 6.20 Å². The highest BCUT2D eigenvalue weighted by Crippen LogP contribution is 2.36. The van der Waals surface area contributed by atoms with E-state index in [1.165, 1.54) is 0 Å². The molecule has 3 rings (SSSR count). The fourth-order valence-electron chi connectivity index (χ4n) is 2.30. The van der Waals surface area contributed by atoms with Crippen LogP contribution < -0.4 is 5.73 Å². The molecule has 0 saturated heterocycles. The highest BCUT2D eigenvalue weighted by Gasteiger charge is 2.13. The summed E-state index contributed by atoms with van der Waals surface area (Å²) in [6, 6.07) is 11.7. The van der Waals surface area contributed by atoms with Crippen molar-refractivity contribution in [2.24, 2.45) is 0 Å². The average molecular weight is 284 g/mol. The predicted molar refractivity (Wildman–Crippen MR) is 83.8 cm³/mol. The summed E-state index contributed by atoms with van der Waals surface area (Å²) in [7, 11) is 0. The first-order valence-electron chi connectivity index (χ1n) is 6.49. The van der Waals surface area contributed by atoms with Crippen molar-refractivity contribution in [2.75, 3.05) is 5.73 Å². The third-order valence-electron chi connectivity index (χ3n) is 3.34. The number of fused-ring (bicyclic) bond motifs is 1. The van der Waals surface area contributed by atoms with Crippen LogP contribution in [0.2, 0.25) is 5.02 Å². The van der Waals surface area contributed by atoms with Crippen LogP contribution in [0, 0.1) is 0 Å². The second-order valence-corrected chi connectivity index (χ2v) is 4.99. The molecule has 3 nitrogen and oxygen atoms in total. The molecular weight excluding hydrogens is 270 g/mol. The smallest absolute Gasteiger partial charge is 0.131 e. The SMILES string of the molecule is CCc1ccc(-c2c(Cl)ccc3cccnc23)c(N)n1. The van der Waals surface area contributed by atoms with E-state index in [0.29, 0.717) is 10.8 Å². The van der Waals surface area contributed by atoms with Crippen LogP contribution >= 0.6 is 11.6 Å². The molecule has 0 atom stereocenters. The quantitative estimate of drug-likeness (QED) is 0.770. The van der Waals surface area contributed by atoms with Gasteiger partial charge in [0.05, 0.1) is 10.5 Å². The summed E-state index contributed by atoms with van der Waals surface area (Å²) >= 11 is 6.36.